The van der Waals surface area contributed by atoms with E-state index in [0.29, 0.717) is 23.5 Å². The molecule has 108 valence electrons. The lowest BCUT2D eigenvalue weighted by molar-refractivity contribution is 0.0523. The summed E-state index contributed by atoms with van der Waals surface area (Å²) in [6, 6.07) is 1.11. The number of carbonyl (C=O) groups is 1. The fourth-order valence-corrected chi connectivity index (χ4v) is 2.55. The molecule has 19 heavy (non-hydrogen) atoms. The van der Waals surface area contributed by atoms with E-state index in [2.05, 4.69) is 40.7 Å². The molecular weight excluding hydrogens is 328 g/mol. The van der Waals surface area contributed by atoms with Crippen LogP contribution in [0.15, 0.2) is 10.8 Å². The third kappa shape index (κ3) is 5.46. The first-order valence-electron chi connectivity index (χ1n) is 6.31. The van der Waals surface area contributed by atoms with E-state index in [1.807, 2.05) is 0 Å². The van der Waals surface area contributed by atoms with Gasteiger partial charge in [0.25, 0.3) is 0 Å². The molecule has 0 aromatic carbocycles. The van der Waals surface area contributed by atoms with Gasteiger partial charge in [-0.05, 0) is 28.9 Å². The molecule has 1 aromatic rings. The van der Waals surface area contributed by atoms with Crippen LogP contribution in [-0.4, -0.2) is 37.0 Å². The summed E-state index contributed by atoms with van der Waals surface area (Å²) >= 11 is 3.34. The van der Waals surface area contributed by atoms with Crippen LogP contribution >= 0.6 is 15.9 Å². The van der Waals surface area contributed by atoms with Crippen LogP contribution in [0.1, 0.15) is 17.3 Å². The van der Waals surface area contributed by atoms with Crippen LogP contribution in [0.2, 0.25) is 25.7 Å². The van der Waals surface area contributed by atoms with Gasteiger partial charge in [0, 0.05) is 14.7 Å². The van der Waals surface area contributed by atoms with E-state index in [9.17, 15) is 4.79 Å². The highest BCUT2D eigenvalue weighted by Gasteiger charge is 2.17. The van der Waals surface area contributed by atoms with E-state index in [0.717, 1.165) is 12.7 Å². The van der Waals surface area contributed by atoms with Crippen LogP contribution in [0, 0.1) is 0 Å². The fourth-order valence-electron chi connectivity index (χ4n) is 1.34. The maximum Gasteiger partial charge on any atom is 0.342 e. The summed E-state index contributed by atoms with van der Waals surface area (Å²) in [5, 5.41) is 4.11. The Bertz CT molecular complexity index is 429. The Balaban J connectivity index is 2.50. The number of nitrogens with zero attached hydrogens (tertiary/aromatic N) is 2. The van der Waals surface area contributed by atoms with E-state index < -0.39 is 8.07 Å². The highest BCUT2D eigenvalue weighted by molar-refractivity contribution is 9.10. The minimum atomic E-state index is -1.07. The van der Waals surface area contributed by atoms with Gasteiger partial charge in [0.1, 0.15) is 16.9 Å². The van der Waals surface area contributed by atoms with Crippen LogP contribution in [0.25, 0.3) is 0 Å². The van der Waals surface area contributed by atoms with E-state index in [1.54, 1.807) is 11.6 Å². The third-order valence-corrected chi connectivity index (χ3v) is 5.02. The minimum Gasteiger partial charge on any atom is -0.462 e. The van der Waals surface area contributed by atoms with E-state index in [1.165, 1.54) is 6.20 Å². The van der Waals surface area contributed by atoms with Crippen molar-refractivity contribution >= 4 is 30.0 Å². The number of esters is 1. The summed E-state index contributed by atoms with van der Waals surface area (Å²) < 4.78 is 12.7. The summed E-state index contributed by atoms with van der Waals surface area (Å²) in [6.45, 7) is 10.1. The van der Waals surface area contributed by atoms with Crippen molar-refractivity contribution in [3.63, 3.8) is 0 Å². The average Bonchev–Trinajstić information content (AvgIpc) is 2.65. The molecule has 0 aliphatic heterocycles. The Morgan fingerprint density at radius 1 is 1.47 bits per heavy atom. The van der Waals surface area contributed by atoms with Crippen molar-refractivity contribution in [3.05, 3.63) is 16.4 Å². The van der Waals surface area contributed by atoms with E-state index in [4.69, 9.17) is 9.47 Å². The summed E-state index contributed by atoms with van der Waals surface area (Å²) in [5.41, 5.74) is 0.427. The molecular formula is C12H21BrN2O3Si. The first-order chi connectivity index (χ1) is 8.85. The first-order valence-corrected chi connectivity index (χ1v) is 10.8. The molecule has 1 heterocycles. The van der Waals surface area contributed by atoms with Gasteiger partial charge in [0.2, 0.25) is 0 Å². The summed E-state index contributed by atoms with van der Waals surface area (Å²) in [5.74, 6) is -0.372. The van der Waals surface area contributed by atoms with Gasteiger partial charge < -0.3 is 9.47 Å². The van der Waals surface area contributed by atoms with Crippen LogP contribution in [0.4, 0.5) is 0 Å². The number of hydrogen-bond acceptors (Lipinski definition) is 4. The van der Waals surface area contributed by atoms with Crippen LogP contribution in [0.3, 0.4) is 0 Å². The zero-order chi connectivity index (χ0) is 14.5. The molecule has 0 aliphatic rings. The maximum absolute atomic E-state index is 11.6. The number of rotatable bonds is 7. The number of hydrogen-bond donors (Lipinski definition) is 0. The average molecular weight is 349 g/mol. The van der Waals surface area contributed by atoms with Gasteiger partial charge in [0.05, 0.1) is 12.8 Å². The molecule has 1 aromatic heterocycles. The number of halogens is 1. The lowest BCUT2D eigenvalue weighted by Crippen LogP contribution is -2.22. The maximum atomic E-state index is 11.6. The van der Waals surface area contributed by atoms with Gasteiger partial charge in [-0.3, -0.25) is 0 Å². The molecule has 0 N–H and O–H groups in total. The first kappa shape index (κ1) is 16.4. The molecule has 0 saturated heterocycles. The highest BCUT2D eigenvalue weighted by atomic mass is 79.9. The van der Waals surface area contributed by atoms with Crippen molar-refractivity contribution in [1.82, 2.24) is 9.78 Å². The summed E-state index contributed by atoms with van der Waals surface area (Å²) in [4.78, 5) is 11.6. The molecule has 0 bridgehead atoms. The summed E-state index contributed by atoms with van der Waals surface area (Å²) in [6.07, 6.45) is 1.49. The Morgan fingerprint density at radius 3 is 2.74 bits per heavy atom. The zero-order valence-corrected chi connectivity index (χ0v) is 14.5. The van der Waals surface area contributed by atoms with Crippen molar-refractivity contribution in [3.8, 4) is 0 Å². The Labute approximate surface area is 123 Å². The smallest absolute Gasteiger partial charge is 0.342 e. The lowest BCUT2D eigenvalue weighted by Gasteiger charge is -2.15. The monoisotopic (exact) mass is 348 g/mol. The van der Waals surface area contributed by atoms with Crippen molar-refractivity contribution in [2.45, 2.75) is 39.3 Å². The molecule has 1 rings (SSSR count). The van der Waals surface area contributed by atoms with E-state index in [-0.39, 0.29) is 5.97 Å². The SMILES string of the molecule is CCOC(=O)c1cnn(COCC[Si](C)(C)C)c1Br. The standard InChI is InChI=1S/C12H21BrN2O3Si/c1-5-18-12(16)10-8-14-15(11(10)13)9-17-6-7-19(2,3)4/h8H,5-7,9H2,1-4H3. The second-order valence-corrected chi connectivity index (χ2v) is 11.8. The van der Waals surface area contributed by atoms with E-state index >= 15 is 0 Å². The molecule has 0 fully saturated rings. The van der Waals surface area contributed by atoms with Gasteiger partial charge in [0.15, 0.2) is 0 Å². The molecule has 0 saturated carbocycles. The molecule has 0 radical (unpaired) electrons. The molecule has 0 spiro atoms. The zero-order valence-electron chi connectivity index (χ0n) is 11.9. The quantitative estimate of drug-likeness (QED) is 0.431. The minimum absolute atomic E-state index is 0.338. The molecule has 0 aliphatic carbocycles. The van der Waals surface area contributed by atoms with Crippen molar-refractivity contribution in [2.24, 2.45) is 0 Å². The van der Waals surface area contributed by atoms with Gasteiger partial charge in [-0.1, -0.05) is 19.6 Å². The fraction of sp³-hybridized carbons (Fsp3) is 0.667. The van der Waals surface area contributed by atoms with Gasteiger partial charge in [-0.15, -0.1) is 0 Å². The topological polar surface area (TPSA) is 53.3 Å². The Kier molecular flexibility index (Phi) is 6.22. The van der Waals surface area contributed by atoms with Crippen LogP contribution in [0.5, 0.6) is 0 Å². The number of aromatic nitrogens is 2. The second-order valence-electron chi connectivity index (χ2n) is 5.42. The molecule has 0 amide bonds. The lowest BCUT2D eigenvalue weighted by atomic mass is 10.4. The van der Waals surface area contributed by atoms with Crippen molar-refractivity contribution in [2.75, 3.05) is 13.2 Å². The van der Waals surface area contributed by atoms with Crippen LogP contribution in [-0.2, 0) is 16.2 Å². The molecule has 7 heteroatoms. The summed E-state index contributed by atoms with van der Waals surface area (Å²) in [7, 11) is -1.07. The Hall–Kier alpha value is -0.663. The van der Waals surface area contributed by atoms with Gasteiger partial charge >= 0.3 is 5.97 Å². The predicted octanol–water partition coefficient (Wildman–Crippen LogP) is 3.13. The van der Waals surface area contributed by atoms with Crippen LogP contribution < -0.4 is 0 Å². The largest absolute Gasteiger partial charge is 0.462 e. The number of carbonyl (C=O) groups excluding carboxylic acids is 1. The van der Waals surface area contributed by atoms with Gasteiger partial charge in [-0.25, -0.2) is 9.48 Å². The highest BCUT2D eigenvalue weighted by Crippen LogP contribution is 2.17. The molecule has 0 unspecified atom stereocenters. The van der Waals surface area contributed by atoms with Crippen molar-refractivity contribution in [1.29, 1.82) is 0 Å². The Morgan fingerprint density at radius 2 is 2.16 bits per heavy atom. The van der Waals surface area contributed by atoms with Crippen molar-refractivity contribution < 1.29 is 14.3 Å². The molecule has 0 atom stereocenters. The third-order valence-electron chi connectivity index (χ3n) is 2.48. The number of ether oxygens (including phenoxy) is 2. The molecule has 5 nitrogen and oxygen atoms in total. The predicted molar refractivity (Wildman–Crippen MR) is 80.0 cm³/mol. The second kappa shape index (κ2) is 7.21. The van der Waals surface area contributed by atoms with Gasteiger partial charge in [-0.2, -0.15) is 5.10 Å². The normalized spacial score (nSPS) is 11.6.